The van der Waals surface area contributed by atoms with E-state index in [2.05, 4.69) is 41.8 Å². The Labute approximate surface area is 159 Å². The number of amides is 2. The average Bonchev–Trinajstić information content (AvgIpc) is 2.57. The topological polar surface area (TPSA) is 70.6 Å². The van der Waals surface area contributed by atoms with Crippen molar-refractivity contribution in [1.82, 2.24) is 10.6 Å². The van der Waals surface area contributed by atoms with Gasteiger partial charge < -0.3 is 20.5 Å². The number of fused-ring (bicyclic) bond motifs is 1. The van der Waals surface area contributed by atoms with Crippen molar-refractivity contribution in [2.24, 2.45) is 0 Å². The third-order valence-electron chi connectivity index (χ3n) is 5.61. The zero-order valence-corrected chi connectivity index (χ0v) is 16.2. The van der Waals surface area contributed by atoms with E-state index in [-0.39, 0.29) is 23.2 Å². The molecule has 1 spiro atoms. The third-order valence-corrected chi connectivity index (χ3v) is 5.61. The molecule has 2 unspecified atom stereocenters. The van der Waals surface area contributed by atoms with Gasteiger partial charge in [-0.05, 0) is 39.3 Å². The number of carbonyl (C=O) groups excluding carboxylic acids is 1. The molecule has 2 atom stereocenters. The Morgan fingerprint density at radius 3 is 2.44 bits per heavy atom. The lowest BCUT2D eigenvalue weighted by atomic mass is 9.76. The standard InChI is InChI=1S/C22H26N2O3/c1-13-5-7-15(8-6-13)17-11-22(12-21(3,4)23-20(26)24-22)27-19-14(2)18(25)10-9-16(17)19/h5-10,17,25H,11-12H2,1-4H3,(H2,23,24,26). The normalized spacial score (nSPS) is 25.9. The van der Waals surface area contributed by atoms with Crippen LogP contribution in [0.1, 0.15) is 54.9 Å². The number of rotatable bonds is 1. The van der Waals surface area contributed by atoms with Gasteiger partial charge in [-0.1, -0.05) is 35.9 Å². The van der Waals surface area contributed by atoms with Crippen LogP contribution in [0.5, 0.6) is 11.5 Å². The fraction of sp³-hybridized carbons (Fsp3) is 0.409. The van der Waals surface area contributed by atoms with Gasteiger partial charge >= 0.3 is 6.03 Å². The summed E-state index contributed by atoms with van der Waals surface area (Å²) in [6, 6.07) is 11.9. The summed E-state index contributed by atoms with van der Waals surface area (Å²) in [6.07, 6.45) is 1.27. The third kappa shape index (κ3) is 3.11. The monoisotopic (exact) mass is 366 g/mol. The molecule has 0 saturated carbocycles. The Morgan fingerprint density at radius 1 is 1.07 bits per heavy atom. The number of phenols is 1. The molecule has 4 rings (SSSR count). The second kappa shape index (κ2) is 5.91. The lowest BCUT2D eigenvalue weighted by molar-refractivity contribution is -0.0241. The first-order valence-electron chi connectivity index (χ1n) is 9.36. The van der Waals surface area contributed by atoms with Gasteiger partial charge in [0.25, 0.3) is 0 Å². The summed E-state index contributed by atoms with van der Waals surface area (Å²) in [4.78, 5) is 12.4. The number of aryl methyl sites for hydroxylation is 1. The van der Waals surface area contributed by atoms with Crippen LogP contribution in [0.2, 0.25) is 0 Å². The molecule has 5 nitrogen and oxygen atoms in total. The Bertz CT molecular complexity index is 905. The van der Waals surface area contributed by atoms with Gasteiger partial charge in [-0.25, -0.2) is 4.79 Å². The minimum absolute atomic E-state index is 0.0721. The molecule has 3 N–H and O–H groups in total. The van der Waals surface area contributed by atoms with Gasteiger partial charge in [0.05, 0.1) is 0 Å². The number of hydrogen-bond acceptors (Lipinski definition) is 3. The molecule has 2 amide bonds. The molecule has 142 valence electrons. The van der Waals surface area contributed by atoms with Crippen LogP contribution in [0.15, 0.2) is 36.4 Å². The van der Waals surface area contributed by atoms with Gasteiger partial charge in [0, 0.05) is 35.4 Å². The van der Waals surface area contributed by atoms with E-state index in [1.807, 2.05) is 26.8 Å². The molecule has 5 heteroatoms. The van der Waals surface area contributed by atoms with Crippen molar-refractivity contribution in [3.63, 3.8) is 0 Å². The fourth-order valence-electron chi connectivity index (χ4n) is 4.42. The molecule has 1 saturated heterocycles. The highest BCUT2D eigenvalue weighted by molar-refractivity contribution is 5.77. The molecule has 0 aliphatic carbocycles. The van der Waals surface area contributed by atoms with Gasteiger partial charge in [-0.3, -0.25) is 0 Å². The largest absolute Gasteiger partial charge is 0.508 e. The summed E-state index contributed by atoms with van der Waals surface area (Å²) in [6.45, 7) is 7.93. The maximum atomic E-state index is 12.4. The predicted molar refractivity (Wildman–Crippen MR) is 104 cm³/mol. The zero-order valence-electron chi connectivity index (χ0n) is 16.2. The average molecular weight is 366 g/mol. The molecule has 1 fully saturated rings. The van der Waals surface area contributed by atoms with E-state index in [9.17, 15) is 9.90 Å². The quantitative estimate of drug-likeness (QED) is 0.711. The van der Waals surface area contributed by atoms with Crippen LogP contribution >= 0.6 is 0 Å². The summed E-state index contributed by atoms with van der Waals surface area (Å²) in [5, 5.41) is 16.2. The summed E-state index contributed by atoms with van der Waals surface area (Å²) in [5.74, 6) is 0.945. The van der Waals surface area contributed by atoms with Crippen LogP contribution in [-0.2, 0) is 0 Å². The van der Waals surface area contributed by atoms with Gasteiger partial charge in [-0.2, -0.15) is 0 Å². The number of aromatic hydroxyl groups is 1. The van der Waals surface area contributed by atoms with Crippen LogP contribution in [-0.4, -0.2) is 22.4 Å². The number of ether oxygens (including phenoxy) is 1. The van der Waals surface area contributed by atoms with E-state index in [1.165, 1.54) is 11.1 Å². The Kier molecular flexibility index (Phi) is 3.88. The van der Waals surface area contributed by atoms with E-state index < -0.39 is 5.72 Å². The number of hydrogen-bond donors (Lipinski definition) is 3. The number of benzene rings is 2. The van der Waals surface area contributed by atoms with Crippen molar-refractivity contribution in [2.75, 3.05) is 0 Å². The fourth-order valence-corrected chi connectivity index (χ4v) is 4.42. The van der Waals surface area contributed by atoms with Crippen LogP contribution in [0, 0.1) is 13.8 Å². The molecule has 2 aliphatic heterocycles. The van der Waals surface area contributed by atoms with Crippen LogP contribution in [0.4, 0.5) is 4.79 Å². The molecule has 27 heavy (non-hydrogen) atoms. The van der Waals surface area contributed by atoms with Crippen molar-refractivity contribution in [3.8, 4) is 11.5 Å². The first-order chi connectivity index (χ1) is 12.7. The maximum absolute atomic E-state index is 12.4. The number of carbonyl (C=O) groups is 1. The van der Waals surface area contributed by atoms with Gasteiger partial charge in [0.15, 0.2) is 5.72 Å². The van der Waals surface area contributed by atoms with E-state index in [0.717, 1.165) is 5.56 Å². The first kappa shape index (κ1) is 17.7. The van der Waals surface area contributed by atoms with E-state index in [4.69, 9.17) is 4.74 Å². The van der Waals surface area contributed by atoms with E-state index in [1.54, 1.807) is 6.07 Å². The Hall–Kier alpha value is -2.69. The lowest BCUT2D eigenvalue weighted by Crippen LogP contribution is -2.69. The van der Waals surface area contributed by atoms with Gasteiger partial charge in [-0.15, -0.1) is 0 Å². The smallest absolute Gasteiger partial charge is 0.318 e. The molecule has 0 radical (unpaired) electrons. The molecule has 0 bridgehead atoms. The zero-order chi connectivity index (χ0) is 19.4. The summed E-state index contributed by atoms with van der Waals surface area (Å²) >= 11 is 0. The van der Waals surface area contributed by atoms with Crippen molar-refractivity contribution in [3.05, 3.63) is 58.7 Å². The van der Waals surface area contributed by atoms with E-state index >= 15 is 0 Å². The Balaban J connectivity index is 1.86. The second-order valence-corrected chi connectivity index (χ2v) is 8.53. The highest BCUT2D eigenvalue weighted by Crippen LogP contribution is 2.49. The molecule has 0 aromatic heterocycles. The molecular weight excluding hydrogens is 340 g/mol. The maximum Gasteiger partial charge on any atom is 0.318 e. The minimum atomic E-state index is -0.813. The second-order valence-electron chi connectivity index (χ2n) is 8.53. The molecule has 2 aromatic rings. The summed E-state index contributed by atoms with van der Waals surface area (Å²) in [5.41, 5.74) is 2.94. The SMILES string of the molecule is Cc1ccc(C2CC3(CC(C)(C)NC(=O)N3)Oc3c2ccc(O)c3C)cc1. The molecule has 2 aromatic carbocycles. The molecule has 2 aliphatic rings. The van der Waals surface area contributed by atoms with Crippen LogP contribution in [0.25, 0.3) is 0 Å². The predicted octanol–water partition coefficient (Wildman–Crippen LogP) is 4.10. The number of nitrogens with one attached hydrogen (secondary N) is 2. The van der Waals surface area contributed by atoms with Crippen LogP contribution in [0.3, 0.4) is 0 Å². The lowest BCUT2D eigenvalue weighted by Gasteiger charge is -2.49. The molecular formula is C22H26N2O3. The first-order valence-corrected chi connectivity index (χ1v) is 9.36. The van der Waals surface area contributed by atoms with Crippen LogP contribution < -0.4 is 15.4 Å². The number of urea groups is 1. The summed E-state index contributed by atoms with van der Waals surface area (Å²) in [7, 11) is 0. The van der Waals surface area contributed by atoms with E-state index in [0.29, 0.717) is 24.2 Å². The number of phenolic OH excluding ortho intramolecular Hbond substituents is 1. The summed E-state index contributed by atoms with van der Waals surface area (Å²) < 4.78 is 6.42. The van der Waals surface area contributed by atoms with Crippen molar-refractivity contribution in [2.45, 2.75) is 57.7 Å². The van der Waals surface area contributed by atoms with Crippen molar-refractivity contribution < 1.29 is 14.6 Å². The highest BCUT2D eigenvalue weighted by atomic mass is 16.5. The Morgan fingerprint density at radius 2 is 1.78 bits per heavy atom. The van der Waals surface area contributed by atoms with Crippen molar-refractivity contribution in [1.29, 1.82) is 0 Å². The van der Waals surface area contributed by atoms with Gasteiger partial charge in [0.2, 0.25) is 0 Å². The van der Waals surface area contributed by atoms with Crippen molar-refractivity contribution >= 4 is 6.03 Å². The van der Waals surface area contributed by atoms with Gasteiger partial charge in [0.1, 0.15) is 11.5 Å². The minimum Gasteiger partial charge on any atom is -0.508 e. The highest BCUT2D eigenvalue weighted by Gasteiger charge is 2.50. The molecule has 2 heterocycles.